The summed E-state index contributed by atoms with van der Waals surface area (Å²) < 4.78 is 13.8. The molecule has 0 saturated carbocycles. The van der Waals surface area contributed by atoms with Gasteiger partial charge < -0.3 is 0 Å². The van der Waals surface area contributed by atoms with Crippen LogP contribution in [-0.2, 0) is 0 Å². The molecule has 3 aromatic rings. The summed E-state index contributed by atoms with van der Waals surface area (Å²) in [5.74, 6) is -0.631. The highest BCUT2D eigenvalue weighted by atomic mass is 79.9. The molecule has 0 fully saturated rings. The number of rotatable bonds is 6. The molecule has 0 radical (unpaired) electrons. The molecule has 0 N–H and O–H groups in total. The lowest BCUT2D eigenvalue weighted by atomic mass is 10.1. The first-order valence-electron chi connectivity index (χ1n) is 8.57. The van der Waals surface area contributed by atoms with E-state index in [0.29, 0.717) is 11.1 Å². The summed E-state index contributed by atoms with van der Waals surface area (Å²) in [5.41, 5.74) is 2.79. The molecule has 0 unspecified atom stereocenters. The molecule has 0 bridgehead atoms. The number of carbonyl (C=O) groups is 2. The van der Waals surface area contributed by atoms with E-state index < -0.39 is 0 Å². The van der Waals surface area contributed by atoms with Crippen molar-refractivity contribution in [1.82, 2.24) is 0 Å². The Balaban J connectivity index is 1.62. The van der Waals surface area contributed by atoms with Gasteiger partial charge in [0.05, 0.1) is 0 Å². The molecule has 0 amide bonds. The monoisotopic (exact) mass is 434 g/mol. The first-order valence-corrected chi connectivity index (χ1v) is 9.36. The van der Waals surface area contributed by atoms with Gasteiger partial charge in [-0.2, -0.15) is 0 Å². The standard InChI is InChI=1S/C24H16BrFO2/c25-21-11-7-19(8-12-21)23(27)15-5-17-1-3-18(4-2-17)6-16-24(28)20-9-13-22(26)14-10-20/h1-16H. The Morgan fingerprint density at radius 1 is 0.643 bits per heavy atom. The topological polar surface area (TPSA) is 34.1 Å². The first-order chi connectivity index (χ1) is 13.5. The van der Waals surface area contributed by atoms with Gasteiger partial charge in [0.2, 0.25) is 0 Å². The lowest BCUT2D eigenvalue weighted by molar-refractivity contribution is 0.103. The van der Waals surface area contributed by atoms with Crippen molar-refractivity contribution in [2.45, 2.75) is 0 Å². The summed E-state index contributed by atoms with van der Waals surface area (Å²) in [4.78, 5) is 24.2. The number of hydrogen-bond donors (Lipinski definition) is 0. The number of halogens is 2. The second kappa shape index (κ2) is 9.20. The number of carbonyl (C=O) groups excluding carboxylic acids is 2. The van der Waals surface area contributed by atoms with Crippen molar-refractivity contribution >= 4 is 39.6 Å². The lowest BCUT2D eigenvalue weighted by Crippen LogP contribution is -1.94. The molecular weight excluding hydrogens is 419 g/mol. The molecule has 0 saturated heterocycles. The summed E-state index contributed by atoms with van der Waals surface area (Å²) in [7, 11) is 0. The largest absolute Gasteiger partial charge is 0.289 e. The van der Waals surface area contributed by atoms with E-state index in [-0.39, 0.29) is 17.4 Å². The van der Waals surface area contributed by atoms with Gasteiger partial charge in [-0.1, -0.05) is 52.3 Å². The Kier molecular flexibility index (Phi) is 6.45. The molecule has 0 atom stereocenters. The zero-order valence-corrected chi connectivity index (χ0v) is 16.4. The third-order valence-electron chi connectivity index (χ3n) is 4.05. The van der Waals surface area contributed by atoms with Crippen LogP contribution in [0.1, 0.15) is 31.8 Å². The third kappa shape index (κ3) is 5.44. The number of hydrogen-bond acceptors (Lipinski definition) is 2. The Labute approximate surface area is 171 Å². The number of benzene rings is 3. The van der Waals surface area contributed by atoms with Gasteiger partial charge in [0.25, 0.3) is 0 Å². The van der Waals surface area contributed by atoms with Gasteiger partial charge in [0.1, 0.15) is 5.82 Å². The average Bonchev–Trinajstić information content (AvgIpc) is 2.72. The van der Waals surface area contributed by atoms with Gasteiger partial charge in [-0.25, -0.2) is 4.39 Å². The van der Waals surface area contributed by atoms with Crippen LogP contribution in [0.15, 0.2) is 89.4 Å². The number of allylic oxidation sites excluding steroid dienone is 2. The van der Waals surface area contributed by atoms with Crippen molar-refractivity contribution in [3.05, 3.63) is 117 Å². The van der Waals surface area contributed by atoms with Crippen LogP contribution in [0, 0.1) is 5.82 Å². The van der Waals surface area contributed by atoms with Crippen molar-refractivity contribution < 1.29 is 14.0 Å². The van der Waals surface area contributed by atoms with Crippen LogP contribution >= 0.6 is 15.9 Å². The normalized spacial score (nSPS) is 11.2. The van der Waals surface area contributed by atoms with E-state index in [1.165, 1.54) is 36.4 Å². The predicted octanol–water partition coefficient (Wildman–Crippen LogP) is 6.38. The minimum atomic E-state index is -0.372. The van der Waals surface area contributed by atoms with Crippen LogP contribution < -0.4 is 0 Å². The molecule has 0 aliphatic heterocycles. The van der Waals surface area contributed by atoms with Gasteiger partial charge >= 0.3 is 0 Å². The molecule has 28 heavy (non-hydrogen) atoms. The second-order valence-electron chi connectivity index (χ2n) is 6.08. The Hall–Kier alpha value is -3.11. The molecular formula is C24H16BrFO2. The fourth-order valence-corrected chi connectivity index (χ4v) is 2.75. The van der Waals surface area contributed by atoms with Gasteiger partial charge in [0.15, 0.2) is 11.6 Å². The van der Waals surface area contributed by atoms with E-state index in [0.717, 1.165) is 15.6 Å². The molecule has 2 nitrogen and oxygen atoms in total. The summed E-state index contributed by atoms with van der Waals surface area (Å²) in [6.45, 7) is 0. The minimum Gasteiger partial charge on any atom is -0.289 e. The Morgan fingerprint density at radius 3 is 1.46 bits per heavy atom. The average molecular weight is 435 g/mol. The van der Waals surface area contributed by atoms with Crippen molar-refractivity contribution in [1.29, 1.82) is 0 Å². The first kappa shape index (κ1) is 19.6. The highest BCUT2D eigenvalue weighted by molar-refractivity contribution is 9.10. The van der Waals surface area contributed by atoms with Gasteiger partial charge in [-0.3, -0.25) is 9.59 Å². The summed E-state index contributed by atoms with van der Waals surface area (Å²) in [5, 5.41) is 0. The quantitative estimate of drug-likeness (QED) is 0.333. The summed E-state index contributed by atoms with van der Waals surface area (Å²) in [6, 6.07) is 20.1. The van der Waals surface area contributed by atoms with Crippen LogP contribution in [-0.4, -0.2) is 11.6 Å². The van der Waals surface area contributed by atoms with E-state index >= 15 is 0 Å². The summed E-state index contributed by atoms with van der Waals surface area (Å²) >= 11 is 3.34. The molecule has 0 heterocycles. The van der Waals surface area contributed by atoms with E-state index in [2.05, 4.69) is 15.9 Å². The van der Waals surface area contributed by atoms with Crippen LogP contribution in [0.5, 0.6) is 0 Å². The molecule has 3 rings (SSSR count). The predicted molar refractivity (Wildman–Crippen MR) is 114 cm³/mol. The Bertz CT molecular complexity index is 945. The van der Waals surface area contributed by atoms with E-state index in [1.807, 2.05) is 36.4 Å². The van der Waals surface area contributed by atoms with Gasteiger partial charge in [-0.15, -0.1) is 0 Å². The van der Waals surface area contributed by atoms with Gasteiger partial charge in [0, 0.05) is 15.6 Å². The van der Waals surface area contributed by atoms with Crippen LogP contribution in [0.3, 0.4) is 0 Å². The zero-order valence-electron chi connectivity index (χ0n) is 14.8. The fraction of sp³-hybridized carbons (Fsp3) is 0. The van der Waals surface area contributed by atoms with Crippen LogP contribution in [0.25, 0.3) is 12.2 Å². The van der Waals surface area contributed by atoms with Crippen LogP contribution in [0.4, 0.5) is 4.39 Å². The molecule has 4 heteroatoms. The SMILES string of the molecule is O=C(C=Cc1ccc(C=CC(=O)c2ccc(Br)cc2)cc1)c1ccc(F)cc1. The maximum absolute atomic E-state index is 12.9. The molecule has 0 aliphatic carbocycles. The minimum absolute atomic E-state index is 0.0682. The number of ketones is 2. The highest BCUT2D eigenvalue weighted by Gasteiger charge is 2.02. The van der Waals surface area contributed by atoms with Crippen molar-refractivity contribution in [3.63, 3.8) is 0 Å². The molecule has 3 aromatic carbocycles. The molecule has 0 aliphatic rings. The van der Waals surface area contributed by atoms with Gasteiger partial charge in [-0.05, 0) is 71.8 Å². The van der Waals surface area contributed by atoms with E-state index in [9.17, 15) is 14.0 Å². The maximum Gasteiger partial charge on any atom is 0.185 e. The fourth-order valence-electron chi connectivity index (χ4n) is 2.48. The zero-order chi connectivity index (χ0) is 19.9. The molecule has 138 valence electrons. The smallest absolute Gasteiger partial charge is 0.185 e. The summed E-state index contributed by atoms with van der Waals surface area (Å²) in [6.07, 6.45) is 6.44. The lowest BCUT2D eigenvalue weighted by Gasteiger charge is -1.98. The van der Waals surface area contributed by atoms with Crippen molar-refractivity contribution in [2.75, 3.05) is 0 Å². The Morgan fingerprint density at radius 2 is 1.04 bits per heavy atom. The highest BCUT2D eigenvalue weighted by Crippen LogP contribution is 2.13. The van der Waals surface area contributed by atoms with E-state index in [1.54, 1.807) is 24.3 Å². The third-order valence-corrected chi connectivity index (χ3v) is 4.58. The maximum atomic E-state index is 12.9. The van der Waals surface area contributed by atoms with E-state index in [4.69, 9.17) is 0 Å². The van der Waals surface area contributed by atoms with Crippen molar-refractivity contribution in [2.24, 2.45) is 0 Å². The molecule has 0 spiro atoms. The second-order valence-corrected chi connectivity index (χ2v) is 6.99. The van der Waals surface area contributed by atoms with Crippen molar-refractivity contribution in [3.8, 4) is 0 Å². The molecule has 0 aromatic heterocycles. The van der Waals surface area contributed by atoms with Crippen LogP contribution in [0.2, 0.25) is 0 Å².